The molecule has 2 aliphatic rings. The normalized spacial score (nSPS) is 21.4. The van der Waals surface area contributed by atoms with E-state index in [4.69, 9.17) is 20.2 Å². The molecular weight excluding hydrogens is 533 g/mol. The summed E-state index contributed by atoms with van der Waals surface area (Å²) in [4.78, 5) is 18.6. The van der Waals surface area contributed by atoms with Gasteiger partial charge in [0.25, 0.3) is 0 Å². The van der Waals surface area contributed by atoms with Gasteiger partial charge in [-0.15, -0.1) is 24.0 Å². The van der Waals surface area contributed by atoms with Gasteiger partial charge < -0.3 is 25.8 Å². The average molecular weight is 574 g/mol. The van der Waals surface area contributed by atoms with Crippen molar-refractivity contribution in [2.75, 3.05) is 46.0 Å². The molecular formula is C24H40IN5O3. The van der Waals surface area contributed by atoms with E-state index in [-0.39, 0.29) is 41.9 Å². The van der Waals surface area contributed by atoms with Crippen molar-refractivity contribution in [3.8, 4) is 0 Å². The third kappa shape index (κ3) is 10.2. The molecule has 1 aromatic rings. The fourth-order valence-electron chi connectivity index (χ4n) is 4.20. The van der Waals surface area contributed by atoms with Gasteiger partial charge >= 0.3 is 0 Å². The molecule has 2 heterocycles. The van der Waals surface area contributed by atoms with E-state index < -0.39 is 0 Å². The minimum atomic E-state index is -0.180. The highest BCUT2D eigenvalue weighted by molar-refractivity contribution is 14.0. The number of nitrogens with one attached hydrogen (secondary N) is 2. The van der Waals surface area contributed by atoms with Crippen molar-refractivity contribution in [2.24, 2.45) is 16.6 Å². The van der Waals surface area contributed by atoms with Crippen LogP contribution in [0.3, 0.4) is 0 Å². The Morgan fingerprint density at radius 3 is 2.91 bits per heavy atom. The maximum absolute atomic E-state index is 11.5. The molecule has 4 N–H and O–H groups in total. The second kappa shape index (κ2) is 15.5. The summed E-state index contributed by atoms with van der Waals surface area (Å²) in [5.74, 6) is 0.616. The van der Waals surface area contributed by atoms with E-state index in [0.717, 1.165) is 84.2 Å². The van der Waals surface area contributed by atoms with Crippen molar-refractivity contribution in [2.45, 2.75) is 51.8 Å². The molecule has 2 unspecified atom stereocenters. The largest absolute Gasteiger partial charge is 0.379 e. The number of carbonyl (C=O) groups excluding carboxylic acids is 1. The van der Waals surface area contributed by atoms with Crippen molar-refractivity contribution in [3.63, 3.8) is 0 Å². The molecule has 0 bridgehead atoms. The fraction of sp³-hybridized carbons (Fsp3) is 0.667. The van der Waals surface area contributed by atoms with Crippen LogP contribution in [0.25, 0.3) is 0 Å². The third-order valence-corrected chi connectivity index (χ3v) is 5.92. The summed E-state index contributed by atoms with van der Waals surface area (Å²) in [7, 11) is 0. The van der Waals surface area contributed by atoms with Gasteiger partial charge in [0.05, 0.1) is 25.2 Å². The van der Waals surface area contributed by atoms with E-state index >= 15 is 0 Å². The van der Waals surface area contributed by atoms with E-state index in [0.29, 0.717) is 6.54 Å². The Hall–Kier alpha value is -1.43. The van der Waals surface area contributed by atoms with Gasteiger partial charge in [0.15, 0.2) is 5.96 Å². The molecule has 186 valence electrons. The number of benzene rings is 1. The van der Waals surface area contributed by atoms with Crippen LogP contribution in [0.4, 0.5) is 0 Å². The van der Waals surface area contributed by atoms with Crippen LogP contribution in [-0.2, 0) is 27.4 Å². The first kappa shape index (κ1) is 27.8. The smallest absolute Gasteiger partial charge is 0.221 e. The Labute approximate surface area is 215 Å². The molecule has 0 saturated carbocycles. The number of hydrogen-bond acceptors (Lipinski definition) is 5. The number of hydrogen-bond donors (Lipinski definition) is 3. The van der Waals surface area contributed by atoms with Gasteiger partial charge in [0.1, 0.15) is 0 Å². The molecule has 2 aliphatic heterocycles. The van der Waals surface area contributed by atoms with Gasteiger partial charge in [-0.05, 0) is 50.3 Å². The summed E-state index contributed by atoms with van der Waals surface area (Å²) in [5, 5.41) is 6.69. The molecule has 1 aromatic carbocycles. The van der Waals surface area contributed by atoms with Crippen LogP contribution in [0.15, 0.2) is 29.3 Å². The lowest BCUT2D eigenvalue weighted by atomic mass is 9.97. The maximum atomic E-state index is 11.5. The number of primary amides is 1. The zero-order valence-corrected chi connectivity index (χ0v) is 22.1. The molecule has 2 fully saturated rings. The fourth-order valence-corrected chi connectivity index (χ4v) is 4.20. The minimum absolute atomic E-state index is 0. The number of aliphatic imine (C=N–C) groups is 1. The molecule has 0 aliphatic carbocycles. The lowest BCUT2D eigenvalue weighted by Gasteiger charge is -2.31. The first-order chi connectivity index (χ1) is 15.6. The average Bonchev–Trinajstić information content (AvgIpc) is 3.31. The van der Waals surface area contributed by atoms with Gasteiger partial charge in [0.2, 0.25) is 5.91 Å². The van der Waals surface area contributed by atoms with E-state index in [1.807, 2.05) is 0 Å². The molecule has 33 heavy (non-hydrogen) atoms. The highest BCUT2D eigenvalue weighted by atomic mass is 127. The number of rotatable bonds is 11. The van der Waals surface area contributed by atoms with Gasteiger partial charge in [-0.1, -0.05) is 24.3 Å². The van der Waals surface area contributed by atoms with Crippen LogP contribution >= 0.6 is 24.0 Å². The second-order valence-corrected chi connectivity index (χ2v) is 8.63. The number of piperidine rings is 1. The van der Waals surface area contributed by atoms with Crippen LogP contribution in [0, 0.1) is 5.92 Å². The molecule has 0 spiro atoms. The van der Waals surface area contributed by atoms with Gasteiger partial charge in [-0.25, -0.2) is 4.99 Å². The summed E-state index contributed by atoms with van der Waals surface area (Å²) in [6.45, 7) is 9.19. The number of ether oxygens (including phenoxy) is 2. The van der Waals surface area contributed by atoms with E-state index in [1.165, 1.54) is 11.1 Å². The zero-order valence-electron chi connectivity index (χ0n) is 19.8. The third-order valence-electron chi connectivity index (χ3n) is 5.92. The monoisotopic (exact) mass is 573 g/mol. The lowest BCUT2D eigenvalue weighted by Crippen LogP contribution is -2.40. The van der Waals surface area contributed by atoms with Crippen molar-refractivity contribution in [1.82, 2.24) is 15.5 Å². The lowest BCUT2D eigenvalue weighted by molar-refractivity contribution is -0.123. The number of nitrogens with two attached hydrogens (primary N) is 1. The number of carbonyl (C=O) groups is 1. The number of likely N-dealkylation sites (tertiary alicyclic amines) is 1. The van der Waals surface area contributed by atoms with Gasteiger partial charge in [-0.3, -0.25) is 9.69 Å². The summed E-state index contributed by atoms with van der Waals surface area (Å²) >= 11 is 0. The highest BCUT2D eigenvalue weighted by Gasteiger charge is 2.23. The summed E-state index contributed by atoms with van der Waals surface area (Å²) in [5.41, 5.74) is 7.93. The van der Waals surface area contributed by atoms with Crippen LogP contribution < -0.4 is 16.4 Å². The molecule has 9 heteroatoms. The molecule has 0 radical (unpaired) electrons. The molecule has 0 aromatic heterocycles. The highest BCUT2D eigenvalue weighted by Crippen LogP contribution is 2.19. The quantitative estimate of drug-likeness (QED) is 0.163. The predicted octanol–water partition coefficient (Wildman–Crippen LogP) is 2.25. The number of amides is 1. The minimum Gasteiger partial charge on any atom is -0.379 e. The number of nitrogens with zero attached hydrogens (tertiary/aromatic N) is 2. The molecule has 8 nitrogen and oxygen atoms in total. The van der Waals surface area contributed by atoms with E-state index in [2.05, 4.69) is 46.7 Å². The molecule has 3 rings (SSSR count). The van der Waals surface area contributed by atoms with Crippen molar-refractivity contribution in [3.05, 3.63) is 35.4 Å². The van der Waals surface area contributed by atoms with Gasteiger partial charge in [-0.2, -0.15) is 0 Å². The Bertz CT molecular complexity index is 743. The Morgan fingerprint density at radius 2 is 2.15 bits per heavy atom. The topological polar surface area (TPSA) is 101 Å². The zero-order chi connectivity index (χ0) is 22.6. The van der Waals surface area contributed by atoms with Crippen LogP contribution in [0.5, 0.6) is 0 Å². The Kier molecular flexibility index (Phi) is 13.0. The first-order valence-electron chi connectivity index (χ1n) is 11.9. The second-order valence-electron chi connectivity index (χ2n) is 8.63. The summed E-state index contributed by atoms with van der Waals surface area (Å²) < 4.78 is 11.1. The van der Waals surface area contributed by atoms with Crippen molar-refractivity contribution >= 4 is 35.8 Å². The number of guanidine groups is 1. The standard InChI is InChI=1S/C24H39N5O3.HI/c1-2-26-24(27-10-5-12-32-22-9-13-31-18-22)28-15-19-6-3-7-20(14-19)16-29-11-4-8-21(17-29)23(25)30;/h3,6-7,14,21-22H,2,4-5,8-13,15-18H2,1H3,(H2,25,30)(H2,26,27,28);1H. The van der Waals surface area contributed by atoms with Gasteiger partial charge in [0, 0.05) is 39.4 Å². The maximum Gasteiger partial charge on any atom is 0.221 e. The molecule has 1 amide bonds. The Morgan fingerprint density at radius 1 is 1.30 bits per heavy atom. The summed E-state index contributed by atoms with van der Waals surface area (Å²) in [6, 6.07) is 8.54. The SMILES string of the molecule is CCNC(=NCc1cccc(CN2CCCC(C(N)=O)C2)c1)NCCCOC1CCOC1.I. The van der Waals surface area contributed by atoms with Crippen LogP contribution in [-0.4, -0.2) is 68.9 Å². The van der Waals surface area contributed by atoms with Crippen molar-refractivity contribution in [1.29, 1.82) is 0 Å². The van der Waals surface area contributed by atoms with Crippen molar-refractivity contribution < 1.29 is 14.3 Å². The molecule has 2 atom stereocenters. The number of halogens is 1. The van der Waals surface area contributed by atoms with E-state index in [1.54, 1.807) is 0 Å². The predicted molar refractivity (Wildman–Crippen MR) is 142 cm³/mol. The van der Waals surface area contributed by atoms with E-state index in [9.17, 15) is 4.79 Å². The first-order valence-corrected chi connectivity index (χ1v) is 11.9. The Balaban J connectivity index is 0.00000385. The summed E-state index contributed by atoms with van der Waals surface area (Å²) in [6.07, 6.45) is 4.12. The van der Waals surface area contributed by atoms with Crippen LogP contribution in [0.1, 0.15) is 43.7 Å². The van der Waals surface area contributed by atoms with Crippen LogP contribution in [0.2, 0.25) is 0 Å². The molecule has 2 saturated heterocycles.